The predicted octanol–water partition coefficient (Wildman–Crippen LogP) is 1.68. The number of aliphatic imine (C=N–C) groups is 1. The average molecular weight is 218 g/mol. The molecule has 2 rings (SSSR count). The third kappa shape index (κ3) is 2.61. The molecular formula is C13H18N2O. The fourth-order valence-electron chi connectivity index (χ4n) is 1.93. The summed E-state index contributed by atoms with van der Waals surface area (Å²) in [5.74, 6) is 0.820. The summed E-state index contributed by atoms with van der Waals surface area (Å²) in [6, 6.07) is 8.69. The molecule has 1 atom stereocenters. The Morgan fingerprint density at radius 1 is 1.44 bits per heavy atom. The Morgan fingerprint density at radius 2 is 2.25 bits per heavy atom. The fraction of sp³-hybridized carbons (Fsp3) is 0.462. The van der Waals surface area contributed by atoms with Gasteiger partial charge in [-0.25, -0.2) is 4.99 Å². The van der Waals surface area contributed by atoms with E-state index < -0.39 is 0 Å². The third-order valence-electron chi connectivity index (χ3n) is 2.84. The lowest BCUT2D eigenvalue weighted by Gasteiger charge is -2.07. The van der Waals surface area contributed by atoms with Crippen LogP contribution in [0.15, 0.2) is 29.3 Å². The minimum Gasteiger partial charge on any atom is -0.479 e. The van der Waals surface area contributed by atoms with Crippen LogP contribution in [-0.2, 0) is 11.2 Å². The van der Waals surface area contributed by atoms with Crippen molar-refractivity contribution in [2.75, 3.05) is 13.2 Å². The number of aryl methyl sites for hydroxylation is 1. The molecule has 3 nitrogen and oxygen atoms in total. The SMILES string of the molecule is Cc1ccccc1CC1COC(CCN)=N1. The molecule has 0 saturated carbocycles. The molecule has 0 aromatic heterocycles. The topological polar surface area (TPSA) is 47.6 Å². The van der Waals surface area contributed by atoms with Gasteiger partial charge >= 0.3 is 0 Å². The van der Waals surface area contributed by atoms with Crippen LogP contribution in [0, 0.1) is 6.92 Å². The van der Waals surface area contributed by atoms with E-state index in [-0.39, 0.29) is 6.04 Å². The van der Waals surface area contributed by atoms with Gasteiger partial charge in [0.1, 0.15) is 6.61 Å². The maximum atomic E-state index is 5.49. The summed E-state index contributed by atoms with van der Waals surface area (Å²) in [5, 5.41) is 0. The summed E-state index contributed by atoms with van der Waals surface area (Å²) in [6.07, 6.45) is 1.71. The Morgan fingerprint density at radius 3 is 3.00 bits per heavy atom. The second-order valence-electron chi connectivity index (χ2n) is 4.16. The fourth-order valence-corrected chi connectivity index (χ4v) is 1.93. The van der Waals surface area contributed by atoms with Crippen LogP contribution in [-0.4, -0.2) is 25.1 Å². The van der Waals surface area contributed by atoms with Crippen molar-refractivity contribution in [3.63, 3.8) is 0 Å². The molecule has 0 aliphatic carbocycles. The molecule has 0 spiro atoms. The number of hydrogen-bond acceptors (Lipinski definition) is 3. The van der Waals surface area contributed by atoms with Gasteiger partial charge in [0.05, 0.1) is 6.04 Å². The molecular weight excluding hydrogens is 200 g/mol. The van der Waals surface area contributed by atoms with Gasteiger partial charge in [-0.1, -0.05) is 24.3 Å². The summed E-state index contributed by atoms with van der Waals surface area (Å²) in [6.45, 7) is 3.44. The van der Waals surface area contributed by atoms with E-state index in [9.17, 15) is 0 Å². The Hall–Kier alpha value is -1.35. The van der Waals surface area contributed by atoms with Crippen molar-refractivity contribution < 1.29 is 4.74 Å². The normalized spacial score (nSPS) is 19.4. The largest absolute Gasteiger partial charge is 0.479 e. The number of nitrogens with zero attached hydrogens (tertiary/aromatic N) is 1. The highest BCUT2D eigenvalue weighted by Crippen LogP contribution is 2.15. The van der Waals surface area contributed by atoms with Crippen molar-refractivity contribution in [3.8, 4) is 0 Å². The number of hydrogen-bond donors (Lipinski definition) is 1. The Kier molecular flexibility index (Phi) is 3.57. The van der Waals surface area contributed by atoms with E-state index >= 15 is 0 Å². The summed E-state index contributed by atoms with van der Waals surface area (Å²) in [7, 11) is 0. The molecule has 1 aliphatic rings. The molecule has 86 valence electrons. The second-order valence-corrected chi connectivity index (χ2v) is 4.16. The van der Waals surface area contributed by atoms with Crippen LogP contribution in [0.4, 0.5) is 0 Å². The van der Waals surface area contributed by atoms with E-state index in [1.54, 1.807) is 0 Å². The lowest BCUT2D eigenvalue weighted by Crippen LogP contribution is -2.10. The zero-order chi connectivity index (χ0) is 11.4. The van der Waals surface area contributed by atoms with E-state index in [0.717, 1.165) is 18.7 Å². The zero-order valence-corrected chi connectivity index (χ0v) is 9.65. The van der Waals surface area contributed by atoms with Crippen molar-refractivity contribution in [1.29, 1.82) is 0 Å². The minimum absolute atomic E-state index is 0.266. The molecule has 1 unspecified atom stereocenters. The van der Waals surface area contributed by atoms with Gasteiger partial charge in [0.2, 0.25) is 0 Å². The third-order valence-corrected chi connectivity index (χ3v) is 2.84. The van der Waals surface area contributed by atoms with E-state index in [2.05, 4.69) is 36.2 Å². The van der Waals surface area contributed by atoms with Crippen molar-refractivity contribution in [2.45, 2.75) is 25.8 Å². The van der Waals surface area contributed by atoms with Crippen LogP contribution >= 0.6 is 0 Å². The lowest BCUT2D eigenvalue weighted by atomic mass is 10.0. The molecule has 1 aromatic rings. The molecule has 16 heavy (non-hydrogen) atoms. The molecule has 1 heterocycles. The van der Waals surface area contributed by atoms with E-state index in [1.165, 1.54) is 11.1 Å². The van der Waals surface area contributed by atoms with E-state index in [0.29, 0.717) is 13.2 Å². The van der Waals surface area contributed by atoms with E-state index in [4.69, 9.17) is 10.5 Å². The smallest absolute Gasteiger partial charge is 0.184 e. The van der Waals surface area contributed by atoms with Crippen LogP contribution in [0.2, 0.25) is 0 Å². The molecule has 3 heteroatoms. The van der Waals surface area contributed by atoms with Crippen molar-refractivity contribution in [2.24, 2.45) is 10.7 Å². The zero-order valence-electron chi connectivity index (χ0n) is 9.65. The van der Waals surface area contributed by atoms with Gasteiger partial charge in [0, 0.05) is 13.0 Å². The van der Waals surface area contributed by atoms with Gasteiger partial charge in [-0.3, -0.25) is 0 Å². The number of benzene rings is 1. The van der Waals surface area contributed by atoms with Gasteiger partial charge < -0.3 is 10.5 Å². The molecule has 0 fully saturated rings. The van der Waals surface area contributed by atoms with E-state index in [1.807, 2.05) is 0 Å². The van der Waals surface area contributed by atoms with Crippen LogP contribution in [0.25, 0.3) is 0 Å². The molecule has 1 aliphatic heterocycles. The van der Waals surface area contributed by atoms with Crippen LogP contribution < -0.4 is 5.73 Å². The maximum absolute atomic E-state index is 5.49. The summed E-state index contributed by atoms with van der Waals surface area (Å²) in [5.41, 5.74) is 8.15. The first-order valence-electron chi connectivity index (χ1n) is 5.73. The molecule has 0 saturated heterocycles. The standard InChI is InChI=1S/C13H18N2O/c1-10-4-2-3-5-11(10)8-12-9-16-13(15-12)6-7-14/h2-5,12H,6-9,14H2,1H3. The molecule has 0 amide bonds. The number of nitrogens with two attached hydrogens (primary N) is 1. The first-order valence-corrected chi connectivity index (χ1v) is 5.73. The van der Waals surface area contributed by atoms with Crippen molar-refractivity contribution in [3.05, 3.63) is 35.4 Å². The van der Waals surface area contributed by atoms with Gasteiger partial charge in [0.25, 0.3) is 0 Å². The molecule has 2 N–H and O–H groups in total. The first-order chi connectivity index (χ1) is 7.79. The summed E-state index contributed by atoms with van der Waals surface area (Å²) in [4.78, 5) is 4.53. The Labute approximate surface area is 96.3 Å². The first kappa shape index (κ1) is 11.1. The highest BCUT2D eigenvalue weighted by Gasteiger charge is 2.18. The van der Waals surface area contributed by atoms with Gasteiger partial charge in [0.15, 0.2) is 5.90 Å². The summed E-state index contributed by atoms with van der Waals surface area (Å²) >= 11 is 0. The van der Waals surface area contributed by atoms with Crippen LogP contribution in [0.3, 0.4) is 0 Å². The van der Waals surface area contributed by atoms with Gasteiger partial charge in [-0.2, -0.15) is 0 Å². The predicted molar refractivity (Wildman–Crippen MR) is 65.7 cm³/mol. The highest BCUT2D eigenvalue weighted by molar-refractivity contribution is 5.77. The van der Waals surface area contributed by atoms with Crippen LogP contribution in [0.5, 0.6) is 0 Å². The van der Waals surface area contributed by atoms with Crippen molar-refractivity contribution >= 4 is 5.90 Å². The summed E-state index contributed by atoms with van der Waals surface area (Å²) < 4.78 is 5.49. The van der Waals surface area contributed by atoms with Crippen molar-refractivity contribution in [1.82, 2.24) is 0 Å². The quantitative estimate of drug-likeness (QED) is 0.836. The molecule has 0 radical (unpaired) electrons. The lowest BCUT2D eigenvalue weighted by molar-refractivity contribution is 0.309. The Balaban J connectivity index is 1.99. The molecule has 0 bridgehead atoms. The van der Waals surface area contributed by atoms with Gasteiger partial charge in [-0.05, 0) is 24.5 Å². The Bertz CT molecular complexity index is 387. The highest BCUT2D eigenvalue weighted by atomic mass is 16.5. The van der Waals surface area contributed by atoms with Gasteiger partial charge in [-0.15, -0.1) is 0 Å². The molecule has 1 aromatic carbocycles. The number of ether oxygens (including phenoxy) is 1. The second kappa shape index (κ2) is 5.12. The monoisotopic (exact) mass is 218 g/mol. The number of rotatable bonds is 4. The average Bonchev–Trinajstić information content (AvgIpc) is 2.70. The maximum Gasteiger partial charge on any atom is 0.184 e. The van der Waals surface area contributed by atoms with Crippen LogP contribution in [0.1, 0.15) is 17.5 Å². The minimum atomic E-state index is 0.266.